The lowest BCUT2D eigenvalue weighted by Gasteiger charge is -2.17. The first-order valence-corrected chi connectivity index (χ1v) is 5.61. The highest BCUT2D eigenvalue weighted by atomic mass is 35.5. The predicted octanol–water partition coefficient (Wildman–Crippen LogP) is 3.11. The zero-order chi connectivity index (χ0) is 11.3. The molecule has 2 nitrogen and oxygen atoms in total. The highest BCUT2D eigenvalue weighted by Gasteiger charge is 2.04. The number of halogens is 1. The normalized spacial score (nSPS) is 12.9. The SMILES string of the molecule is CC(C)NCC(C)Oc1ccc(Cl)cc1. The monoisotopic (exact) mass is 227 g/mol. The summed E-state index contributed by atoms with van der Waals surface area (Å²) in [5.41, 5.74) is 0. The van der Waals surface area contributed by atoms with Crippen molar-refractivity contribution in [2.24, 2.45) is 0 Å². The highest BCUT2D eigenvalue weighted by Crippen LogP contribution is 2.16. The van der Waals surface area contributed by atoms with Crippen LogP contribution in [0, 0.1) is 0 Å². The number of benzene rings is 1. The Balaban J connectivity index is 2.37. The van der Waals surface area contributed by atoms with Crippen molar-refractivity contribution < 1.29 is 4.74 Å². The van der Waals surface area contributed by atoms with Crippen LogP contribution in [0.15, 0.2) is 24.3 Å². The second-order valence-electron chi connectivity index (χ2n) is 3.95. The van der Waals surface area contributed by atoms with Gasteiger partial charge in [0.15, 0.2) is 0 Å². The maximum absolute atomic E-state index is 5.78. The zero-order valence-electron chi connectivity index (χ0n) is 9.46. The molecule has 1 aromatic carbocycles. The van der Waals surface area contributed by atoms with Crippen LogP contribution in [0.5, 0.6) is 5.75 Å². The molecule has 3 heteroatoms. The van der Waals surface area contributed by atoms with E-state index in [2.05, 4.69) is 19.2 Å². The first-order valence-electron chi connectivity index (χ1n) is 5.23. The van der Waals surface area contributed by atoms with E-state index in [0.29, 0.717) is 6.04 Å². The van der Waals surface area contributed by atoms with Gasteiger partial charge in [-0.1, -0.05) is 25.4 Å². The first kappa shape index (κ1) is 12.3. The largest absolute Gasteiger partial charge is 0.489 e. The number of nitrogens with one attached hydrogen (secondary N) is 1. The van der Waals surface area contributed by atoms with Crippen molar-refractivity contribution in [1.29, 1.82) is 0 Å². The minimum Gasteiger partial charge on any atom is -0.489 e. The molecule has 15 heavy (non-hydrogen) atoms. The summed E-state index contributed by atoms with van der Waals surface area (Å²) in [4.78, 5) is 0. The van der Waals surface area contributed by atoms with Crippen LogP contribution in [0.25, 0.3) is 0 Å². The number of ether oxygens (including phenoxy) is 1. The van der Waals surface area contributed by atoms with Crippen LogP contribution in [-0.2, 0) is 0 Å². The van der Waals surface area contributed by atoms with Crippen molar-refractivity contribution in [2.75, 3.05) is 6.54 Å². The third-order valence-corrected chi connectivity index (χ3v) is 2.22. The fourth-order valence-electron chi connectivity index (χ4n) is 1.19. The van der Waals surface area contributed by atoms with E-state index >= 15 is 0 Å². The summed E-state index contributed by atoms with van der Waals surface area (Å²) >= 11 is 5.78. The summed E-state index contributed by atoms with van der Waals surface area (Å²) < 4.78 is 5.70. The average molecular weight is 228 g/mol. The van der Waals surface area contributed by atoms with Crippen molar-refractivity contribution >= 4 is 11.6 Å². The molecule has 0 amide bonds. The average Bonchev–Trinajstić information content (AvgIpc) is 2.19. The molecule has 0 fully saturated rings. The van der Waals surface area contributed by atoms with Gasteiger partial charge in [-0.3, -0.25) is 0 Å². The van der Waals surface area contributed by atoms with Crippen LogP contribution in [0.1, 0.15) is 20.8 Å². The van der Waals surface area contributed by atoms with Gasteiger partial charge in [0.1, 0.15) is 11.9 Å². The van der Waals surface area contributed by atoms with Gasteiger partial charge in [0, 0.05) is 17.6 Å². The Bertz CT molecular complexity index is 284. The summed E-state index contributed by atoms with van der Waals surface area (Å²) in [6.45, 7) is 7.13. The highest BCUT2D eigenvalue weighted by molar-refractivity contribution is 6.30. The van der Waals surface area contributed by atoms with E-state index in [1.54, 1.807) is 0 Å². The molecule has 1 unspecified atom stereocenters. The van der Waals surface area contributed by atoms with Crippen molar-refractivity contribution in [3.63, 3.8) is 0 Å². The van der Waals surface area contributed by atoms with Gasteiger partial charge in [-0.05, 0) is 31.2 Å². The Morgan fingerprint density at radius 1 is 1.20 bits per heavy atom. The second-order valence-corrected chi connectivity index (χ2v) is 4.38. The molecule has 0 aliphatic heterocycles. The van der Waals surface area contributed by atoms with Crippen molar-refractivity contribution in [1.82, 2.24) is 5.32 Å². The van der Waals surface area contributed by atoms with Crippen LogP contribution in [0.3, 0.4) is 0 Å². The van der Waals surface area contributed by atoms with Crippen LogP contribution >= 0.6 is 11.6 Å². The summed E-state index contributed by atoms with van der Waals surface area (Å²) in [7, 11) is 0. The molecule has 0 saturated carbocycles. The molecule has 1 N–H and O–H groups in total. The summed E-state index contributed by atoms with van der Waals surface area (Å²) in [6, 6.07) is 7.92. The van der Waals surface area contributed by atoms with E-state index in [1.807, 2.05) is 31.2 Å². The fourth-order valence-corrected chi connectivity index (χ4v) is 1.31. The minimum atomic E-state index is 0.161. The maximum atomic E-state index is 5.78. The quantitative estimate of drug-likeness (QED) is 0.835. The van der Waals surface area contributed by atoms with Gasteiger partial charge < -0.3 is 10.1 Å². The Morgan fingerprint density at radius 2 is 1.80 bits per heavy atom. The van der Waals surface area contributed by atoms with E-state index in [9.17, 15) is 0 Å². The third-order valence-electron chi connectivity index (χ3n) is 1.96. The predicted molar refractivity (Wildman–Crippen MR) is 64.7 cm³/mol. The van der Waals surface area contributed by atoms with Gasteiger partial charge in [0.05, 0.1) is 0 Å². The molecule has 0 bridgehead atoms. The molecule has 0 aliphatic rings. The molecule has 0 spiro atoms. The number of hydrogen-bond acceptors (Lipinski definition) is 2. The molecule has 0 heterocycles. The van der Waals surface area contributed by atoms with E-state index in [-0.39, 0.29) is 6.10 Å². The fraction of sp³-hybridized carbons (Fsp3) is 0.500. The third kappa shape index (κ3) is 5.05. The molecule has 0 aliphatic carbocycles. The van der Waals surface area contributed by atoms with Crippen molar-refractivity contribution in [2.45, 2.75) is 32.9 Å². The number of hydrogen-bond donors (Lipinski definition) is 1. The van der Waals surface area contributed by atoms with Crippen LogP contribution < -0.4 is 10.1 Å². The topological polar surface area (TPSA) is 21.3 Å². The number of rotatable bonds is 5. The summed E-state index contributed by atoms with van der Waals surface area (Å²) in [5.74, 6) is 0.859. The molecular weight excluding hydrogens is 210 g/mol. The first-order chi connectivity index (χ1) is 7.08. The molecule has 0 radical (unpaired) electrons. The Labute approximate surface area is 96.6 Å². The molecular formula is C12H18ClNO. The van der Waals surface area contributed by atoms with Crippen molar-refractivity contribution in [3.8, 4) is 5.75 Å². The molecule has 0 aromatic heterocycles. The van der Waals surface area contributed by atoms with E-state index < -0.39 is 0 Å². The summed E-state index contributed by atoms with van der Waals surface area (Å²) in [5, 5.41) is 4.06. The van der Waals surface area contributed by atoms with Crippen LogP contribution in [0.4, 0.5) is 0 Å². The van der Waals surface area contributed by atoms with Gasteiger partial charge in [-0.25, -0.2) is 0 Å². The Hall–Kier alpha value is -0.730. The van der Waals surface area contributed by atoms with Gasteiger partial charge >= 0.3 is 0 Å². The minimum absolute atomic E-state index is 0.161. The smallest absolute Gasteiger partial charge is 0.119 e. The molecule has 1 rings (SSSR count). The zero-order valence-corrected chi connectivity index (χ0v) is 10.2. The lowest BCUT2D eigenvalue weighted by Crippen LogP contribution is -2.33. The van der Waals surface area contributed by atoms with Gasteiger partial charge in [-0.2, -0.15) is 0 Å². The second kappa shape index (κ2) is 5.99. The van der Waals surface area contributed by atoms with E-state index in [4.69, 9.17) is 16.3 Å². The molecule has 0 saturated heterocycles. The van der Waals surface area contributed by atoms with E-state index in [0.717, 1.165) is 17.3 Å². The lowest BCUT2D eigenvalue weighted by molar-refractivity contribution is 0.213. The lowest BCUT2D eigenvalue weighted by atomic mass is 10.3. The molecule has 1 aromatic rings. The van der Waals surface area contributed by atoms with E-state index in [1.165, 1.54) is 0 Å². The van der Waals surface area contributed by atoms with Gasteiger partial charge in [0.2, 0.25) is 0 Å². The Kier molecular flexibility index (Phi) is 4.92. The van der Waals surface area contributed by atoms with Gasteiger partial charge in [0.25, 0.3) is 0 Å². The molecule has 84 valence electrons. The summed E-state index contributed by atoms with van der Waals surface area (Å²) in [6.07, 6.45) is 0.161. The maximum Gasteiger partial charge on any atom is 0.119 e. The van der Waals surface area contributed by atoms with Crippen molar-refractivity contribution in [3.05, 3.63) is 29.3 Å². The molecule has 1 atom stereocenters. The Morgan fingerprint density at radius 3 is 2.33 bits per heavy atom. The van der Waals surface area contributed by atoms with Crippen LogP contribution in [0.2, 0.25) is 5.02 Å². The van der Waals surface area contributed by atoms with Crippen LogP contribution in [-0.4, -0.2) is 18.7 Å². The van der Waals surface area contributed by atoms with Gasteiger partial charge in [-0.15, -0.1) is 0 Å². The standard InChI is InChI=1S/C12H18ClNO/c1-9(2)14-8-10(3)15-12-6-4-11(13)5-7-12/h4-7,9-10,14H,8H2,1-3H3.